The van der Waals surface area contributed by atoms with Gasteiger partial charge in [-0.3, -0.25) is 0 Å². The minimum atomic E-state index is -0.0412. The summed E-state index contributed by atoms with van der Waals surface area (Å²) in [5, 5.41) is 9.45. The normalized spacial score (nSPS) is 10.5. The Morgan fingerprint density at radius 2 is 2.20 bits per heavy atom. The number of nitrogens with zero attached hydrogens (tertiary/aromatic N) is 2. The summed E-state index contributed by atoms with van der Waals surface area (Å²) in [6.45, 7) is 0.178. The van der Waals surface area contributed by atoms with E-state index in [0.717, 1.165) is 10.9 Å². The van der Waals surface area contributed by atoms with Gasteiger partial charge >= 0.3 is 0 Å². The fourth-order valence-electron chi connectivity index (χ4n) is 1.31. The molecular weight excluding hydrogens is 194 g/mol. The molecule has 5 heteroatoms. The van der Waals surface area contributed by atoms with Crippen molar-refractivity contribution in [2.24, 2.45) is 0 Å². The van der Waals surface area contributed by atoms with Crippen LogP contribution in [-0.4, -0.2) is 28.3 Å². The molecule has 0 aliphatic rings. The van der Waals surface area contributed by atoms with Crippen molar-refractivity contribution in [1.82, 2.24) is 9.97 Å². The summed E-state index contributed by atoms with van der Waals surface area (Å²) in [6, 6.07) is 5.32. The molecule has 0 aliphatic heterocycles. The molecule has 5 nitrogen and oxygen atoms in total. The van der Waals surface area contributed by atoms with Gasteiger partial charge in [-0.25, -0.2) is 9.97 Å². The van der Waals surface area contributed by atoms with Crippen LogP contribution in [0.15, 0.2) is 24.5 Å². The highest BCUT2D eigenvalue weighted by molar-refractivity contribution is 5.85. The van der Waals surface area contributed by atoms with E-state index in [1.807, 2.05) is 0 Å². The molecule has 0 bridgehead atoms. The summed E-state index contributed by atoms with van der Waals surface area (Å²) in [7, 11) is 0. The highest BCUT2D eigenvalue weighted by Crippen LogP contribution is 2.22. The molecule has 0 amide bonds. The Hall–Kier alpha value is -1.88. The van der Waals surface area contributed by atoms with Gasteiger partial charge in [-0.2, -0.15) is 0 Å². The molecule has 2 aromatic rings. The van der Waals surface area contributed by atoms with Gasteiger partial charge in [-0.15, -0.1) is 0 Å². The molecule has 78 valence electrons. The van der Waals surface area contributed by atoms with E-state index in [0.29, 0.717) is 11.6 Å². The lowest BCUT2D eigenvalue weighted by Crippen LogP contribution is -2.03. The number of hydrogen-bond acceptors (Lipinski definition) is 5. The van der Waals surface area contributed by atoms with Crippen molar-refractivity contribution in [2.75, 3.05) is 18.9 Å². The first-order valence-corrected chi connectivity index (χ1v) is 4.55. The largest absolute Gasteiger partial charge is 0.475 e. The SMILES string of the molecule is Nc1ccc2c(OCCO)ncnc2c1. The molecule has 0 saturated carbocycles. The quantitative estimate of drug-likeness (QED) is 0.716. The summed E-state index contributed by atoms with van der Waals surface area (Å²) in [6.07, 6.45) is 1.41. The summed E-state index contributed by atoms with van der Waals surface area (Å²) in [5.41, 5.74) is 7.01. The summed E-state index contributed by atoms with van der Waals surface area (Å²) >= 11 is 0. The Morgan fingerprint density at radius 3 is 3.00 bits per heavy atom. The lowest BCUT2D eigenvalue weighted by atomic mass is 10.2. The maximum atomic E-state index is 8.66. The highest BCUT2D eigenvalue weighted by atomic mass is 16.5. The van der Waals surface area contributed by atoms with Crippen LogP contribution in [0.1, 0.15) is 0 Å². The Labute approximate surface area is 86.5 Å². The monoisotopic (exact) mass is 205 g/mol. The van der Waals surface area contributed by atoms with Crippen molar-refractivity contribution in [2.45, 2.75) is 0 Å². The zero-order chi connectivity index (χ0) is 10.7. The molecule has 15 heavy (non-hydrogen) atoms. The van der Waals surface area contributed by atoms with Gasteiger partial charge in [0.2, 0.25) is 5.88 Å². The zero-order valence-electron chi connectivity index (χ0n) is 8.05. The van der Waals surface area contributed by atoms with Crippen LogP contribution in [0.3, 0.4) is 0 Å². The number of benzene rings is 1. The minimum absolute atomic E-state index is 0.0412. The molecule has 3 N–H and O–H groups in total. The Bertz CT molecular complexity index is 473. The molecule has 1 aromatic carbocycles. The molecule has 0 radical (unpaired) electrons. The van der Waals surface area contributed by atoms with E-state index in [1.165, 1.54) is 6.33 Å². The van der Waals surface area contributed by atoms with Crippen LogP contribution in [0, 0.1) is 0 Å². The first-order valence-electron chi connectivity index (χ1n) is 4.55. The second kappa shape index (κ2) is 4.10. The van der Waals surface area contributed by atoms with E-state index >= 15 is 0 Å². The van der Waals surface area contributed by atoms with Crippen LogP contribution in [0.4, 0.5) is 5.69 Å². The lowest BCUT2D eigenvalue weighted by Gasteiger charge is -2.06. The standard InChI is InChI=1S/C10H11N3O2/c11-7-1-2-8-9(5-7)12-6-13-10(8)15-4-3-14/h1-2,5-6,14H,3-4,11H2. The molecule has 0 spiro atoms. The second-order valence-electron chi connectivity index (χ2n) is 3.03. The number of nitrogen functional groups attached to an aromatic ring is 1. The van der Waals surface area contributed by atoms with E-state index in [1.54, 1.807) is 18.2 Å². The molecule has 0 aliphatic carbocycles. The average Bonchev–Trinajstić information content (AvgIpc) is 2.25. The predicted molar refractivity (Wildman–Crippen MR) is 56.5 cm³/mol. The fourth-order valence-corrected chi connectivity index (χ4v) is 1.31. The Kier molecular flexibility index (Phi) is 2.64. The van der Waals surface area contributed by atoms with Crippen LogP contribution >= 0.6 is 0 Å². The van der Waals surface area contributed by atoms with Crippen molar-refractivity contribution in [3.8, 4) is 5.88 Å². The minimum Gasteiger partial charge on any atom is -0.475 e. The number of nitrogens with two attached hydrogens (primary N) is 1. The lowest BCUT2D eigenvalue weighted by molar-refractivity contribution is 0.198. The Balaban J connectivity index is 2.46. The van der Waals surface area contributed by atoms with Gasteiger partial charge in [0.1, 0.15) is 12.9 Å². The maximum Gasteiger partial charge on any atom is 0.224 e. The van der Waals surface area contributed by atoms with Gasteiger partial charge in [-0.05, 0) is 18.2 Å². The van der Waals surface area contributed by atoms with Crippen molar-refractivity contribution in [3.63, 3.8) is 0 Å². The van der Waals surface area contributed by atoms with Crippen LogP contribution in [0.5, 0.6) is 5.88 Å². The topological polar surface area (TPSA) is 81.3 Å². The molecule has 0 fully saturated rings. The van der Waals surface area contributed by atoms with Crippen LogP contribution in [0.2, 0.25) is 0 Å². The summed E-state index contributed by atoms with van der Waals surface area (Å²) in [5.74, 6) is 0.467. The third-order valence-corrected chi connectivity index (χ3v) is 1.95. The molecule has 2 rings (SSSR count). The highest BCUT2D eigenvalue weighted by Gasteiger charge is 2.04. The van der Waals surface area contributed by atoms with Crippen molar-refractivity contribution >= 4 is 16.6 Å². The van der Waals surface area contributed by atoms with Gasteiger partial charge in [-0.1, -0.05) is 0 Å². The van der Waals surface area contributed by atoms with Crippen LogP contribution in [0.25, 0.3) is 10.9 Å². The van der Waals surface area contributed by atoms with E-state index in [-0.39, 0.29) is 13.2 Å². The average molecular weight is 205 g/mol. The third kappa shape index (κ3) is 1.97. The third-order valence-electron chi connectivity index (χ3n) is 1.95. The van der Waals surface area contributed by atoms with E-state index in [2.05, 4.69) is 9.97 Å². The van der Waals surface area contributed by atoms with Gasteiger partial charge in [0.15, 0.2) is 0 Å². The van der Waals surface area contributed by atoms with Crippen molar-refractivity contribution < 1.29 is 9.84 Å². The Morgan fingerprint density at radius 1 is 1.33 bits per heavy atom. The smallest absolute Gasteiger partial charge is 0.224 e. The number of aliphatic hydroxyl groups is 1. The number of ether oxygens (including phenoxy) is 1. The number of anilines is 1. The van der Waals surface area contributed by atoms with E-state index in [4.69, 9.17) is 15.6 Å². The molecule has 0 unspecified atom stereocenters. The van der Waals surface area contributed by atoms with Gasteiger partial charge in [0, 0.05) is 5.69 Å². The number of fused-ring (bicyclic) bond motifs is 1. The summed E-state index contributed by atoms with van der Waals surface area (Å²) in [4.78, 5) is 8.07. The number of aliphatic hydroxyl groups excluding tert-OH is 1. The van der Waals surface area contributed by atoms with Crippen LogP contribution < -0.4 is 10.5 Å². The molecule has 1 aromatic heterocycles. The molecule has 0 saturated heterocycles. The zero-order valence-corrected chi connectivity index (χ0v) is 8.05. The van der Waals surface area contributed by atoms with E-state index < -0.39 is 0 Å². The van der Waals surface area contributed by atoms with Crippen molar-refractivity contribution in [3.05, 3.63) is 24.5 Å². The fraction of sp³-hybridized carbons (Fsp3) is 0.200. The predicted octanol–water partition coefficient (Wildman–Crippen LogP) is 0.583. The van der Waals surface area contributed by atoms with Crippen molar-refractivity contribution in [1.29, 1.82) is 0 Å². The van der Waals surface area contributed by atoms with Crippen LogP contribution in [-0.2, 0) is 0 Å². The second-order valence-corrected chi connectivity index (χ2v) is 3.03. The summed E-state index contributed by atoms with van der Waals surface area (Å²) < 4.78 is 5.27. The maximum absolute atomic E-state index is 8.66. The molecule has 1 heterocycles. The molecule has 0 atom stereocenters. The van der Waals surface area contributed by atoms with E-state index in [9.17, 15) is 0 Å². The first kappa shape index (κ1) is 9.67. The number of rotatable bonds is 3. The van der Waals surface area contributed by atoms with Gasteiger partial charge in [0.05, 0.1) is 17.5 Å². The van der Waals surface area contributed by atoms with Gasteiger partial charge < -0.3 is 15.6 Å². The van der Waals surface area contributed by atoms with Gasteiger partial charge in [0.25, 0.3) is 0 Å². The number of hydrogen-bond donors (Lipinski definition) is 2. The number of aromatic nitrogens is 2. The molecular formula is C10H11N3O2. The first-order chi connectivity index (χ1) is 7.31.